The zero-order chi connectivity index (χ0) is 11.1. The van der Waals surface area contributed by atoms with Crippen molar-refractivity contribution >= 4 is 5.97 Å². The summed E-state index contributed by atoms with van der Waals surface area (Å²) >= 11 is 0. The molecule has 0 saturated heterocycles. The van der Waals surface area contributed by atoms with Crippen molar-refractivity contribution in [3.05, 3.63) is 35.9 Å². The summed E-state index contributed by atoms with van der Waals surface area (Å²) in [5, 5.41) is 3.04. The summed E-state index contributed by atoms with van der Waals surface area (Å²) in [7, 11) is 1.36. The van der Waals surface area contributed by atoms with Crippen LogP contribution in [0, 0.1) is 0 Å². The first-order valence-corrected chi connectivity index (χ1v) is 4.83. The molecule has 0 aromatic heterocycles. The highest BCUT2D eigenvalue weighted by molar-refractivity contribution is 5.75. The molecule has 0 bridgehead atoms. The van der Waals surface area contributed by atoms with Crippen LogP contribution < -0.4 is 11.1 Å². The SMILES string of the molecule is COC(=O)C(CN)NCc1ccccc1. The number of hydrogen-bond donors (Lipinski definition) is 2. The molecule has 1 rings (SSSR count). The number of ether oxygens (including phenoxy) is 1. The van der Waals surface area contributed by atoms with E-state index in [4.69, 9.17) is 5.73 Å². The lowest BCUT2D eigenvalue weighted by Gasteiger charge is -2.13. The summed E-state index contributed by atoms with van der Waals surface area (Å²) in [6, 6.07) is 9.38. The maximum Gasteiger partial charge on any atom is 0.324 e. The minimum absolute atomic E-state index is 0.236. The molecule has 1 atom stereocenters. The zero-order valence-corrected chi connectivity index (χ0v) is 8.77. The number of rotatable bonds is 5. The Labute approximate surface area is 89.4 Å². The Kier molecular flexibility index (Phi) is 4.80. The number of nitrogens with two attached hydrogens (primary N) is 1. The van der Waals surface area contributed by atoms with Crippen molar-refractivity contribution in [3.63, 3.8) is 0 Å². The molecule has 15 heavy (non-hydrogen) atoms. The molecule has 3 N–H and O–H groups in total. The van der Waals surface area contributed by atoms with Crippen molar-refractivity contribution in [2.45, 2.75) is 12.6 Å². The van der Waals surface area contributed by atoms with Gasteiger partial charge in [-0.05, 0) is 5.56 Å². The van der Waals surface area contributed by atoms with Gasteiger partial charge >= 0.3 is 5.97 Å². The zero-order valence-electron chi connectivity index (χ0n) is 8.77. The average molecular weight is 208 g/mol. The van der Waals surface area contributed by atoms with E-state index in [0.29, 0.717) is 6.54 Å². The molecule has 0 aliphatic heterocycles. The lowest BCUT2D eigenvalue weighted by molar-refractivity contribution is -0.142. The van der Waals surface area contributed by atoms with E-state index in [1.165, 1.54) is 7.11 Å². The fourth-order valence-corrected chi connectivity index (χ4v) is 1.24. The number of methoxy groups -OCH3 is 1. The molecule has 1 aromatic rings. The molecular weight excluding hydrogens is 192 g/mol. The standard InChI is InChI=1S/C11H16N2O2/c1-15-11(14)10(7-12)13-8-9-5-3-2-4-6-9/h2-6,10,13H,7-8,12H2,1H3. The molecule has 82 valence electrons. The predicted octanol–water partition coefficient (Wildman–Crippen LogP) is 0.277. The van der Waals surface area contributed by atoms with Gasteiger partial charge in [-0.1, -0.05) is 30.3 Å². The van der Waals surface area contributed by atoms with Gasteiger partial charge < -0.3 is 10.5 Å². The van der Waals surface area contributed by atoms with Crippen LogP contribution in [-0.4, -0.2) is 25.7 Å². The van der Waals surface area contributed by atoms with Crippen molar-refractivity contribution in [1.29, 1.82) is 0 Å². The molecule has 0 heterocycles. The number of carbonyl (C=O) groups excluding carboxylic acids is 1. The monoisotopic (exact) mass is 208 g/mol. The third kappa shape index (κ3) is 3.69. The van der Waals surface area contributed by atoms with E-state index in [-0.39, 0.29) is 12.5 Å². The Hall–Kier alpha value is -1.39. The van der Waals surface area contributed by atoms with Crippen molar-refractivity contribution in [2.75, 3.05) is 13.7 Å². The van der Waals surface area contributed by atoms with E-state index < -0.39 is 6.04 Å². The topological polar surface area (TPSA) is 64.3 Å². The Morgan fingerprint density at radius 2 is 2.13 bits per heavy atom. The molecule has 0 saturated carbocycles. The van der Waals surface area contributed by atoms with Gasteiger partial charge in [0.2, 0.25) is 0 Å². The first-order valence-electron chi connectivity index (χ1n) is 4.83. The van der Waals surface area contributed by atoms with Gasteiger partial charge in [0.25, 0.3) is 0 Å². The van der Waals surface area contributed by atoms with Gasteiger partial charge in [-0.25, -0.2) is 0 Å². The fourth-order valence-electron chi connectivity index (χ4n) is 1.24. The third-order valence-electron chi connectivity index (χ3n) is 2.12. The van der Waals surface area contributed by atoms with E-state index in [2.05, 4.69) is 10.1 Å². The third-order valence-corrected chi connectivity index (χ3v) is 2.12. The molecule has 4 heteroatoms. The maximum absolute atomic E-state index is 11.2. The van der Waals surface area contributed by atoms with Crippen molar-refractivity contribution < 1.29 is 9.53 Å². The summed E-state index contributed by atoms with van der Waals surface area (Å²) < 4.78 is 4.61. The molecule has 0 aliphatic rings. The minimum Gasteiger partial charge on any atom is -0.468 e. The molecule has 0 spiro atoms. The lowest BCUT2D eigenvalue weighted by Crippen LogP contribution is -2.42. The van der Waals surface area contributed by atoms with Gasteiger partial charge in [0.05, 0.1) is 7.11 Å². The van der Waals surface area contributed by atoms with Gasteiger partial charge in [0.1, 0.15) is 6.04 Å². The summed E-state index contributed by atoms with van der Waals surface area (Å²) in [4.78, 5) is 11.2. The van der Waals surface area contributed by atoms with E-state index in [1.807, 2.05) is 30.3 Å². The summed E-state index contributed by atoms with van der Waals surface area (Å²) in [6.45, 7) is 0.845. The van der Waals surface area contributed by atoms with Gasteiger partial charge in [-0.3, -0.25) is 10.1 Å². The predicted molar refractivity (Wildman–Crippen MR) is 58.1 cm³/mol. The normalized spacial score (nSPS) is 12.1. The van der Waals surface area contributed by atoms with Crippen LogP contribution in [-0.2, 0) is 16.1 Å². The highest BCUT2D eigenvalue weighted by atomic mass is 16.5. The largest absolute Gasteiger partial charge is 0.468 e. The summed E-state index contributed by atoms with van der Waals surface area (Å²) in [5.74, 6) is -0.326. The van der Waals surface area contributed by atoms with Crippen LogP contribution in [0.3, 0.4) is 0 Å². The van der Waals surface area contributed by atoms with Crippen molar-refractivity contribution in [2.24, 2.45) is 5.73 Å². The fraction of sp³-hybridized carbons (Fsp3) is 0.364. The average Bonchev–Trinajstić information content (AvgIpc) is 2.31. The first kappa shape index (κ1) is 11.7. The van der Waals surface area contributed by atoms with Gasteiger partial charge in [-0.15, -0.1) is 0 Å². The van der Waals surface area contributed by atoms with Crippen LogP contribution in [0.15, 0.2) is 30.3 Å². The number of nitrogens with one attached hydrogen (secondary N) is 1. The summed E-state index contributed by atoms with van der Waals surface area (Å²) in [6.07, 6.45) is 0. The molecule has 0 radical (unpaired) electrons. The van der Waals surface area contributed by atoms with E-state index in [9.17, 15) is 4.79 Å². The Bertz CT molecular complexity index is 301. The van der Waals surface area contributed by atoms with Crippen LogP contribution in [0.25, 0.3) is 0 Å². The Balaban J connectivity index is 2.44. The summed E-state index contributed by atoms with van der Waals surface area (Å²) in [5.41, 5.74) is 6.56. The number of esters is 1. The molecule has 4 nitrogen and oxygen atoms in total. The van der Waals surface area contributed by atoms with E-state index in [0.717, 1.165) is 5.56 Å². The maximum atomic E-state index is 11.2. The van der Waals surface area contributed by atoms with Crippen LogP contribution in [0.4, 0.5) is 0 Å². The van der Waals surface area contributed by atoms with E-state index in [1.54, 1.807) is 0 Å². The van der Waals surface area contributed by atoms with Crippen LogP contribution >= 0.6 is 0 Å². The van der Waals surface area contributed by atoms with Crippen LogP contribution in [0.1, 0.15) is 5.56 Å². The Morgan fingerprint density at radius 1 is 1.47 bits per heavy atom. The quantitative estimate of drug-likeness (QED) is 0.682. The second-order valence-corrected chi connectivity index (χ2v) is 3.18. The molecular formula is C11H16N2O2. The van der Waals surface area contributed by atoms with Gasteiger partial charge in [0.15, 0.2) is 0 Å². The van der Waals surface area contributed by atoms with Crippen molar-refractivity contribution in [1.82, 2.24) is 5.32 Å². The highest BCUT2D eigenvalue weighted by Crippen LogP contribution is 1.98. The Morgan fingerprint density at radius 3 is 2.67 bits per heavy atom. The van der Waals surface area contributed by atoms with E-state index >= 15 is 0 Å². The second kappa shape index (κ2) is 6.16. The highest BCUT2D eigenvalue weighted by Gasteiger charge is 2.15. The van der Waals surface area contributed by atoms with Crippen LogP contribution in [0.2, 0.25) is 0 Å². The minimum atomic E-state index is -0.435. The second-order valence-electron chi connectivity index (χ2n) is 3.18. The molecule has 1 unspecified atom stereocenters. The molecule has 0 amide bonds. The van der Waals surface area contributed by atoms with Crippen molar-refractivity contribution in [3.8, 4) is 0 Å². The van der Waals surface area contributed by atoms with Crippen LogP contribution in [0.5, 0.6) is 0 Å². The number of benzene rings is 1. The number of hydrogen-bond acceptors (Lipinski definition) is 4. The van der Waals surface area contributed by atoms with Gasteiger partial charge in [-0.2, -0.15) is 0 Å². The first-order chi connectivity index (χ1) is 7.27. The van der Waals surface area contributed by atoms with Gasteiger partial charge in [0, 0.05) is 13.1 Å². The molecule has 0 aliphatic carbocycles. The molecule has 1 aromatic carbocycles. The molecule has 0 fully saturated rings. The lowest BCUT2D eigenvalue weighted by atomic mass is 10.2. The smallest absolute Gasteiger partial charge is 0.324 e. The number of carbonyl (C=O) groups is 1.